The molecule has 1 aromatic heterocycles. The van der Waals surface area contributed by atoms with Crippen LogP contribution < -0.4 is 5.32 Å². The average molecular weight is 271 g/mol. The summed E-state index contributed by atoms with van der Waals surface area (Å²) in [5, 5.41) is 10.9. The van der Waals surface area contributed by atoms with E-state index >= 15 is 0 Å². The van der Waals surface area contributed by atoms with Gasteiger partial charge in [0, 0.05) is 0 Å². The Hall–Kier alpha value is -1.64. The van der Waals surface area contributed by atoms with E-state index in [1.54, 1.807) is 0 Å². The molecule has 0 atom stereocenters. The summed E-state index contributed by atoms with van der Waals surface area (Å²) in [6.07, 6.45) is -4.16. The minimum atomic E-state index is -4.86. The number of carbonyl (C=O) groups is 2. The van der Waals surface area contributed by atoms with Crippen LogP contribution in [0.1, 0.15) is 10.4 Å². The maximum Gasteiger partial charge on any atom is 0.383 e. The molecule has 2 N–H and O–H groups in total. The van der Waals surface area contributed by atoms with Crippen molar-refractivity contribution in [3.63, 3.8) is 0 Å². The average Bonchev–Trinajstić information content (AvgIpc) is 2.65. The number of anilines is 1. The van der Waals surface area contributed by atoms with E-state index in [0.717, 1.165) is 6.07 Å². The summed E-state index contributed by atoms with van der Waals surface area (Å²) in [5.74, 6) is -8.56. The molecule has 94 valence electrons. The first-order valence-corrected chi connectivity index (χ1v) is 4.93. The van der Waals surface area contributed by atoms with Crippen LogP contribution in [0.5, 0.6) is 0 Å². The van der Waals surface area contributed by atoms with Crippen LogP contribution in [0.2, 0.25) is 0 Å². The first-order valence-electron chi connectivity index (χ1n) is 4.05. The molecule has 9 heteroatoms. The van der Waals surface area contributed by atoms with Crippen LogP contribution in [0.4, 0.5) is 22.6 Å². The molecule has 1 amide bonds. The van der Waals surface area contributed by atoms with Crippen molar-refractivity contribution in [3.05, 3.63) is 17.0 Å². The van der Waals surface area contributed by atoms with Crippen molar-refractivity contribution in [2.24, 2.45) is 0 Å². The summed E-state index contributed by atoms with van der Waals surface area (Å²) in [6, 6.07) is 1.06. The number of nitrogens with one attached hydrogen (secondary N) is 1. The van der Waals surface area contributed by atoms with Crippen LogP contribution in [0.15, 0.2) is 11.4 Å². The van der Waals surface area contributed by atoms with E-state index in [2.05, 4.69) is 0 Å². The van der Waals surface area contributed by atoms with Gasteiger partial charge in [0.2, 0.25) is 0 Å². The summed E-state index contributed by atoms with van der Waals surface area (Å²) in [4.78, 5) is 21.4. The Morgan fingerprint density at radius 1 is 1.41 bits per heavy atom. The number of carboxylic acid groups (broad SMARTS) is 1. The standard InChI is InChI=1S/C8H5F4NO3S/c9-6(10)8(11,12)7(16)13-4-3(5(14)15)1-2-17-4/h1-2,6H,(H,13,16)(H,14,15). The Balaban J connectivity index is 2.89. The predicted molar refractivity (Wildman–Crippen MR) is 50.9 cm³/mol. The molecule has 0 radical (unpaired) electrons. The number of carboxylic acids is 1. The molecule has 0 aliphatic rings. The van der Waals surface area contributed by atoms with Crippen LogP contribution in [-0.4, -0.2) is 29.3 Å². The molecular formula is C8H5F4NO3S. The van der Waals surface area contributed by atoms with Crippen molar-refractivity contribution in [2.45, 2.75) is 12.3 Å². The zero-order chi connectivity index (χ0) is 13.2. The van der Waals surface area contributed by atoms with Crippen LogP contribution in [0.3, 0.4) is 0 Å². The van der Waals surface area contributed by atoms with E-state index in [-0.39, 0.29) is 0 Å². The second-order valence-electron chi connectivity index (χ2n) is 2.85. The van der Waals surface area contributed by atoms with Gasteiger partial charge in [-0.1, -0.05) is 0 Å². The molecule has 1 heterocycles. The summed E-state index contributed by atoms with van der Waals surface area (Å²) >= 11 is 0.643. The number of hydrogen-bond acceptors (Lipinski definition) is 3. The maximum atomic E-state index is 12.6. The molecule has 17 heavy (non-hydrogen) atoms. The van der Waals surface area contributed by atoms with Gasteiger partial charge in [-0.15, -0.1) is 11.3 Å². The summed E-state index contributed by atoms with van der Waals surface area (Å²) < 4.78 is 48.8. The van der Waals surface area contributed by atoms with Crippen LogP contribution in [0, 0.1) is 0 Å². The molecule has 0 aromatic carbocycles. The number of amides is 1. The summed E-state index contributed by atoms with van der Waals surface area (Å²) in [7, 11) is 0. The van der Waals surface area contributed by atoms with E-state index in [1.807, 2.05) is 0 Å². The second-order valence-corrected chi connectivity index (χ2v) is 3.76. The Morgan fingerprint density at radius 3 is 2.47 bits per heavy atom. The van der Waals surface area contributed by atoms with Crippen molar-refractivity contribution in [1.29, 1.82) is 0 Å². The monoisotopic (exact) mass is 271 g/mol. The third-order valence-electron chi connectivity index (χ3n) is 1.70. The first kappa shape index (κ1) is 13.4. The van der Waals surface area contributed by atoms with Crippen molar-refractivity contribution in [2.75, 3.05) is 5.32 Å². The minimum absolute atomic E-state index is 0.414. The maximum absolute atomic E-state index is 12.6. The van der Waals surface area contributed by atoms with Gasteiger partial charge in [0.25, 0.3) is 0 Å². The molecule has 0 aliphatic heterocycles. The summed E-state index contributed by atoms with van der Waals surface area (Å²) in [6.45, 7) is 0. The van der Waals surface area contributed by atoms with Crippen molar-refractivity contribution in [3.8, 4) is 0 Å². The van der Waals surface area contributed by atoms with Gasteiger partial charge in [-0.3, -0.25) is 4.79 Å². The lowest BCUT2D eigenvalue weighted by molar-refractivity contribution is -0.163. The van der Waals surface area contributed by atoms with Gasteiger partial charge in [-0.05, 0) is 11.4 Å². The molecule has 0 saturated heterocycles. The fraction of sp³-hybridized carbons (Fsp3) is 0.250. The topological polar surface area (TPSA) is 66.4 Å². The molecule has 0 bridgehead atoms. The number of halogens is 4. The molecule has 1 rings (SSSR count). The van der Waals surface area contributed by atoms with Crippen LogP contribution >= 0.6 is 11.3 Å². The lowest BCUT2D eigenvalue weighted by atomic mass is 10.3. The van der Waals surface area contributed by atoms with Crippen molar-refractivity contribution in [1.82, 2.24) is 0 Å². The van der Waals surface area contributed by atoms with Gasteiger partial charge in [-0.2, -0.15) is 8.78 Å². The van der Waals surface area contributed by atoms with E-state index < -0.39 is 34.8 Å². The van der Waals surface area contributed by atoms with Gasteiger partial charge in [-0.25, -0.2) is 13.6 Å². The molecule has 4 nitrogen and oxygen atoms in total. The molecule has 0 unspecified atom stereocenters. The number of carbonyl (C=O) groups excluding carboxylic acids is 1. The lowest BCUT2D eigenvalue weighted by Crippen LogP contribution is -2.41. The van der Waals surface area contributed by atoms with Gasteiger partial charge in [0.05, 0.1) is 5.56 Å². The highest BCUT2D eigenvalue weighted by Crippen LogP contribution is 2.28. The van der Waals surface area contributed by atoms with Gasteiger partial charge >= 0.3 is 24.2 Å². The predicted octanol–water partition coefficient (Wildman–Crippen LogP) is 2.29. The van der Waals surface area contributed by atoms with Gasteiger partial charge < -0.3 is 10.4 Å². The number of alkyl halides is 4. The van der Waals surface area contributed by atoms with E-state index in [0.29, 0.717) is 11.3 Å². The third kappa shape index (κ3) is 2.73. The van der Waals surface area contributed by atoms with Crippen molar-refractivity contribution < 1.29 is 32.3 Å². The molecule has 0 fully saturated rings. The Bertz CT molecular complexity index is 446. The molecule has 0 saturated carbocycles. The number of hydrogen-bond donors (Lipinski definition) is 2. The third-order valence-corrected chi connectivity index (χ3v) is 2.53. The van der Waals surface area contributed by atoms with Crippen LogP contribution in [-0.2, 0) is 4.79 Å². The number of rotatable bonds is 4. The Labute approximate surface area is 95.9 Å². The number of aromatic carboxylic acids is 1. The second kappa shape index (κ2) is 4.70. The normalized spacial score (nSPS) is 11.6. The summed E-state index contributed by atoms with van der Waals surface area (Å²) in [5.41, 5.74) is -0.437. The zero-order valence-corrected chi connectivity index (χ0v) is 8.73. The highest BCUT2D eigenvalue weighted by atomic mass is 32.1. The zero-order valence-electron chi connectivity index (χ0n) is 7.92. The fourth-order valence-corrected chi connectivity index (χ4v) is 1.63. The Kier molecular flexibility index (Phi) is 3.71. The quantitative estimate of drug-likeness (QED) is 0.826. The van der Waals surface area contributed by atoms with Gasteiger partial charge in [0.1, 0.15) is 5.00 Å². The molecule has 0 spiro atoms. The minimum Gasteiger partial charge on any atom is -0.478 e. The fourth-order valence-electron chi connectivity index (χ4n) is 0.860. The molecule has 0 aliphatic carbocycles. The van der Waals surface area contributed by atoms with E-state index in [1.165, 1.54) is 10.7 Å². The highest BCUT2D eigenvalue weighted by Gasteiger charge is 2.49. The number of thiophene rings is 1. The Morgan fingerprint density at radius 2 is 2.00 bits per heavy atom. The van der Waals surface area contributed by atoms with E-state index in [4.69, 9.17) is 5.11 Å². The molecule has 1 aromatic rings. The van der Waals surface area contributed by atoms with Gasteiger partial charge in [0.15, 0.2) is 0 Å². The van der Waals surface area contributed by atoms with E-state index in [9.17, 15) is 27.2 Å². The highest BCUT2D eigenvalue weighted by molar-refractivity contribution is 7.14. The smallest absolute Gasteiger partial charge is 0.383 e. The first-order chi connectivity index (χ1) is 7.76. The lowest BCUT2D eigenvalue weighted by Gasteiger charge is -2.14. The van der Waals surface area contributed by atoms with Crippen molar-refractivity contribution >= 4 is 28.2 Å². The largest absolute Gasteiger partial charge is 0.478 e. The molecular weight excluding hydrogens is 266 g/mol. The van der Waals surface area contributed by atoms with Crippen LogP contribution in [0.25, 0.3) is 0 Å². The SMILES string of the molecule is O=C(O)c1ccsc1NC(=O)C(F)(F)C(F)F.